The van der Waals surface area contributed by atoms with Crippen molar-refractivity contribution >= 4 is 57.0 Å². The average molecular weight is 368 g/mol. The van der Waals surface area contributed by atoms with Gasteiger partial charge in [0.2, 0.25) is 0 Å². The van der Waals surface area contributed by atoms with Crippen LogP contribution in [-0.2, 0) is 22.6 Å². The van der Waals surface area contributed by atoms with Crippen LogP contribution in [0.25, 0.3) is 0 Å². The van der Waals surface area contributed by atoms with E-state index in [1.807, 2.05) is 0 Å². The standard InChI is InChI=1S/C13H13Cl3N2O2S/c1-2-3-7-4-8-9(5-17)11(21-10(8)6-20-7)18-12(19)13(14,15)16/h7H,2-4,6H2,1H3,(H,18,19). The number of carbonyl (C=O) groups is 1. The highest BCUT2D eigenvalue weighted by molar-refractivity contribution is 7.16. The highest BCUT2D eigenvalue weighted by Gasteiger charge is 2.33. The van der Waals surface area contributed by atoms with Gasteiger partial charge in [0.05, 0.1) is 18.3 Å². The molecule has 1 aliphatic rings. The largest absolute Gasteiger partial charge is 0.372 e. The van der Waals surface area contributed by atoms with E-state index in [0.717, 1.165) is 23.3 Å². The van der Waals surface area contributed by atoms with Gasteiger partial charge in [-0.3, -0.25) is 4.79 Å². The second-order valence-corrected chi connectivity index (χ2v) is 8.08. The monoisotopic (exact) mass is 366 g/mol. The molecule has 0 saturated carbocycles. The number of thiophene rings is 1. The number of fused-ring (bicyclic) bond motifs is 1. The fourth-order valence-electron chi connectivity index (χ4n) is 2.21. The van der Waals surface area contributed by atoms with Gasteiger partial charge in [0, 0.05) is 11.3 Å². The molecule has 1 aromatic heterocycles. The number of nitrogens with zero attached hydrogens (tertiary/aromatic N) is 1. The van der Waals surface area contributed by atoms with Crippen LogP contribution in [0.4, 0.5) is 5.00 Å². The summed E-state index contributed by atoms with van der Waals surface area (Å²) in [4.78, 5) is 12.7. The third-order valence-electron chi connectivity index (χ3n) is 3.18. The van der Waals surface area contributed by atoms with Crippen LogP contribution in [0.2, 0.25) is 0 Å². The summed E-state index contributed by atoms with van der Waals surface area (Å²) < 4.78 is 3.68. The topological polar surface area (TPSA) is 62.1 Å². The summed E-state index contributed by atoms with van der Waals surface area (Å²) in [5.41, 5.74) is 1.38. The number of nitriles is 1. The van der Waals surface area contributed by atoms with Crippen molar-refractivity contribution in [2.45, 2.75) is 42.7 Å². The first-order valence-electron chi connectivity index (χ1n) is 6.41. The van der Waals surface area contributed by atoms with Gasteiger partial charge in [-0.25, -0.2) is 0 Å². The van der Waals surface area contributed by atoms with Crippen molar-refractivity contribution in [2.75, 3.05) is 5.32 Å². The molecule has 1 unspecified atom stereocenters. The molecule has 0 radical (unpaired) electrons. The molecule has 8 heteroatoms. The number of ether oxygens (including phenoxy) is 1. The lowest BCUT2D eigenvalue weighted by molar-refractivity contribution is -0.115. The van der Waals surface area contributed by atoms with Crippen molar-refractivity contribution < 1.29 is 9.53 Å². The van der Waals surface area contributed by atoms with E-state index in [-0.39, 0.29) is 6.10 Å². The smallest absolute Gasteiger partial charge is 0.277 e. The number of nitrogens with one attached hydrogen (secondary N) is 1. The summed E-state index contributed by atoms with van der Waals surface area (Å²) in [5, 5.41) is 12.3. The summed E-state index contributed by atoms with van der Waals surface area (Å²) in [7, 11) is 0. The number of alkyl halides is 3. The Bertz CT molecular complexity index is 589. The fraction of sp³-hybridized carbons (Fsp3) is 0.538. The highest BCUT2D eigenvalue weighted by atomic mass is 35.6. The molecule has 1 N–H and O–H groups in total. The molecule has 1 aliphatic heterocycles. The molecule has 2 rings (SSSR count). The molecule has 1 aromatic rings. The van der Waals surface area contributed by atoms with E-state index in [1.165, 1.54) is 11.3 Å². The summed E-state index contributed by atoms with van der Waals surface area (Å²) >= 11 is 17.9. The molecule has 114 valence electrons. The first-order valence-corrected chi connectivity index (χ1v) is 8.36. The van der Waals surface area contributed by atoms with Crippen molar-refractivity contribution in [3.05, 3.63) is 16.0 Å². The van der Waals surface area contributed by atoms with Crippen molar-refractivity contribution in [3.8, 4) is 6.07 Å². The summed E-state index contributed by atoms with van der Waals surface area (Å²) in [6, 6.07) is 2.13. The number of hydrogen-bond acceptors (Lipinski definition) is 4. The second kappa shape index (κ2) is 6.72. The highest BCUT2D eigenvalue weighted by Crippen LogP contribution is 2.39. The molecule has 0 fully saturated rings. The third kappa shape index (κ3) is 3.82. The van der Waals surface area contributed by atoms with Gasteiger partial charge in [0.15, 0.2) is 0 Å². The van der Waals surface area contributed by atoms with Gasteiger partial charge in [-0.15, -0.1) is 11.3 Å². The van der Waals surface area contributed by atoms with Crippen molar-refractivity contribution in [3.63, 3.8) is 0 Å². The van der Waals surface area contributed by atoms with E-state index >= 15 is 0 Å². The van der Waals surface area contributed by atoms with Gasteiger partial charge in [-0.05, 0) is 12.0 Å². The van der Waals surface area contributed by atoms with Crippen LogP contribution in [0, 0.1) is 11.3 Å². The number of anilines is 1. The first kappa shape index (κ1) is 16.9. The number of halogens is 3. The predicted molar refractivity (Wildman–Crippen MR) is 85.1 cm³/mol. The fourth-order valence-corrected chi connectivity index (χ4v) is 3.45. The van der Waals surface area contributed by atoms with Crippen LogP contribution in [0.3, 0.4) is 0 Å². The van der Waals surface area contributed by atoms with E-state index in [0.29, 0.717) is 23.6 Å². The Labute approximate surface area is 141 Å². The van der Waals surface area contributed by atoms with Crippen LogP contribution >= 0.6 is 46.1 Å². The molecule has 0 spiro atoms. The number of amides is 1. The van der Waals surface area contributed by atoms with Gasteiger partial charge in [0.25, 0.3) is 9.70 Å². The Hall–Kier alpha value is -0.510. The zero-order chi connectivity index (χ0) is 15.6. The third-order valence-corrected chi connectivity index (χ3v) is 4.82. The van der Waals surface area contributed by atoms with Gasteiger partial charge in [0.1, 0.15) is 11.1 Å². The molecule has 4 nitrogen and oxygen atoms in total. The minimum atomic E-state index is -2.06. The van der Waals surface area contributed by atoms with Crippen molar-refractivity contribution in [2.24, 2.45) is 0 Å². The second-order valence-electron chi connectivity index (χ2n) is 4.70. The van der Waals surface area contributed by atoms with Gasteiger partial charge < -0.3 is 10.1 Å². The molecule has 0 aromatic carbocycles. The summed E-state index contributed by atoms with van der Waals surface area (Å²) in [6.45, 7) is 2.54. The van der Waals surface area contributed by atoms with Gasteiger partial charge in [-0.1, -0.05) is 48.1 Å². The van der Waals surface area contributed by atoms with Crippen LogP contribution < -0.4 is 5.32 Å². The summed E-state index contributed by atoms with van der Waals surface area (Å²) in [5.74, 6) is -0.770. The molecule has 0 saturated heterocycles. The Morgan fingerprint density at radius 2 is 2.29 bits per heavy atom. The zero-order valence-electron chi connectivity index (χ0n) is 11.2. The molecule has 2 heterocycles. The van der Waals surface area contributed by atoms with Crippen molar-refractivity contribution in [1.29, 1.82) is 5.26 Å². The minimum absolute atomic E-state index is 0.112. The van der Waals surface area contributed by atoms with Crippen molar-refractivity contribution in [1.82, 2.24) is 0 Å². The number of carbonyl (C=O) groups excluding carboxylic acids is 1. The number of rotatable bonds is 3. The van der Waals surface area contributed by atoms with Crippen LogP contribution in [0.5, 0.6) is 0 Å². The van der Waals surface area contributed by atoms with Gasteiger partial charge >= 0.3 is 0 Å². The van der Waals surface area contributed by atoms with Gasteiger partial charge in [-0.2, -0.15) is 5.26 Å². The maximum atomic E-state index is 11.7. The Kier molecular flexibility index (Phi) is 5.39. The number of hydrogen-bond donors (Lipinski definition) is 1. The average Bonchev–Trinajstić information content (AvgIpc) is 2.74. The normalized spacial score (nSPS) is 18.0. The Morgan fingerprint density at radius 3 is 2.86 bits per heavy atom. The summed E-state index contributed by atoms with van der Waals surface area (Å²) in [6.07, 6.45) is 2.74. The molecule has 21 heavy (non-hydrogen) atoms. The van der Waals surface area contributed by atoms with E-state index in [1.54, 1.807) is 0 Å². The Balaban J connectivity index is 2.26. The zero-order valence-corrected chi connectivity index (χ0v) is 14.3. The molecular formula is C13H13Cl3N2O2S. The first-order chi connectivity index (χ1) is 9.86. The maximum Gasteiger partial charge on any atom is 0.277 e. The SMILES string of the molecule is CCCC1Cc2c(sc(NC(=O)C(Cl)(Cl)Cl)c2C#N)CO1. The van der Waals surface area contributed by atoms with E-state index in [9.17, 15) is 10.1 Å². The Morgan fingerprint density at radius 1 is 1.57 bits per heavy atom. The predicted octanol–water partition coefficient (Wildman–Crippen LogP) is 4.17. The lowest BCUT2D eigenvalue weighted by Crippen LogP contribution is -2.26. The van der Waals surface area contributed by atoms with E-state index in [4.69, 9.17) is 39.5 Å². The maximum absolute atomic E-state index is 11.7. The lowest BCUT2D eigenvalue weighted by atomic mass is 9.99. The van der Waals surface area contributed by atoms with E-state index < -0.39 is 9.70 Å². The van der Waals surface area contributed by atoms with Crippen LogP contribution in [-0.4, -0.2) is 15.8 Å². The van der Waals surface area contributed by atoms with Crippen LogP contribution in [0.15, 0.2) is 0 Å². The minimum Gasteiger partial charge on any atom is -0.372 e. The van der Waals surface area contributed by atoms with Crippen LogP contribution in [0.1, 0.15) is 35.8 Å². The lowest BCUT2D eigenvalue weighted by Gasteiger charge is -2.22. The molecular weight excluding hydrogens is 355 g/mol. The molecule has 1 amide bonds. The molecule has 0 bridgehead atoms. The molecule has 1 atom stereocenters. The quantitative estimate of drug-likeness (QED) is 0.816. The van der Waals surface area contributed by atoms with E-state index in [2.05, 4.69) is 18.3 Å². The molecule has 0 aliphatic carbocycles.